The zero-order valence-electron chi connectivity index (χ0n) is 17.3. The SMILES string of the molecule is COc1ccc(C2C(C#N)=C(N)Oc3c2c(C)nn3-c2ccc(C)cc2)cc1OC. The molecule has 1 atom stereocenters. The van der Waals surface area contributed by atoms with E-state index in [1.54, 1.807) is 18.9 Å². The van der Waals surface area contributed by atoms with Crippen LogP contribution in [0.15, 0.2) is 53.9 Å². The van der Waals surface area contributed by atoms with Crippen LogP contribution in [0.4, 0.5) is 0 Å². The summed E-state index contributed by atoms with van der Waals surface area (Å²) in [5.41, 5.74) is 10.9. The maximum atomic E-state index is 9.84. The number of nitrogens with zero attached hydrogens (tertiary/aromatic N) is 3. The van der Waals surface area contributed by atoms with Crippen molar-refractivity contribution in [2.75, 3.05) is 14.2 Å². The molecule has 152 valence electrons. The van der Waals surface area contributed by atoms with E-state index in [4.69, 9.17) is 25.0 Å². The minimum atomic E-state index is -0.433. The number of benzene rings is 2. The molecule has 0 saturated heterocycles. The average molecular weight is 402 g/mol. The van der Waals surface area contributed by atoms with E-state index in [-0.39, 0.29) is 5.88 Å². The molecule has 0 saturated carbocycles. The lowest BCUT2D eigenvalue weighted by atomic mass is 9.84. The fourth-order valence-electron chi connectivity index (χ4n) is 3.74. The summed E-state index contributed by atoms with van der Waals surface area (Å²) in [4.78, 5) is 0. The number of nitriles is 1. The number of ether oxygens (including phenoxy) is 3. The van der Waals surface area contributed by atoms with E-state index in [1.165, 1.54) is 0 Å². The highest BCUT2D eigenvalue weighted by Crippen LogP contribution is 2.46. The third kappa shape index (κ3) is 3.03. The average Bonchev–Trinajstić information content (AvgIpc) is 3.08. The second-order valence-corrected chi connectivity index (χ2v) is 7.09. The van der Waals surface area contributed by atoms with Crippen molar-refractivity contribution in [3.8, 4) is 29.1 Å². The molecule has 7 heteroatoms. The molecule has 30 heavy (non-hydrogen) atoms. The summed E-state index contributed by atoms with van der Waals surface area (Å²) in [6.07, 6.45) is 0. The van der Waals surface area contributed by atoms with Gasteiger partial charge in [-0.25, -0.2) is 4.68 Å². The molecular formula is C23H22N4O3. The Kier molecular flexibility index (Phi) is 4.84. The molecule has 4 rings (SSSR count). The lowest BCUT2D eigenvalue weighted by Crippen LogP contribution is -2.22. The van der Waals surface area contributed by atoms with Crippen LogP contribution in [-0.2, 0) is 0 Å². The van der Waals surface area contributed by atoms with Crippen LogP contribution in [0.2, 0.25) is 0 Å². The Hall–Kier alpha value is -3.92. The van der Waals surface area contributed by atoms with Gasteiger partial charge >= 0.3 is 0 Å². The van der Waals surface area contributed by atoms with E-state index >= 15 is 0 Å². The highest BCUT2D eigenvalue weighted by Gasteiger charge is 2.36. The van der Waals surface area contributed by atoms with Crippen molar-refractivity contribution >= 4 is 0 Å². The number of fused-ring (bicyclic) bond motifs is 1. The molecule has 0 spiro atoms. The largest absolute Gasteiger partial charge is 0.493 e. The summed E-state index contributed by atoms with van der Waals surface area (Å²) in [5.74, 6) is 1.32. The van der Waals surface area contributed by atoms with Crippen LogP contribution in [0.3, 0.4) is 0 Å². The molecular weight excluding hydrogens is 380 g/mol. The number of aryl methyl sites for hydroxylation is 2. The molecule has 2 N–H and O–H groups in total. The van der Waals surface area contributed by atoms with E-state index < -0.39 is 5.92 Å². The summed E-state index contributed by atoms with van der Waals surface area (Å²) >= 11 is 0. The predicted molar refractivity (Wildman–Crippen MR) is 112 cm³/mol. The summed E-state index contributed by atoms with van der Waals surface area (Å²) in [6.45, 7) is 3.92. The van der Waals surface area contributed by atoms with Crippen LogP contribution in [0.1, 0.15) is 28.3 Å². The van der Waals surface area contributed by atoms with Gasteiger partial charge < -0.3 is 19.9 Å². The van der Waals surface area contributed by atoms with Crippen molar-refractivity contribution in [3.05, 3.63) is 76.3 Å². The van der Waals surface area contributed by atoms with Crippen molar-refractivity contribution in [1.29, 1.82) is 5.26 Å². The molecule has 0 bridgehead atoms. The van der Waals surface area contributed by atoms with Gasteiger partial charge in [-0.1, -0.05) is 23.8 Å². The standard InChI is InChI=1S/C23H22N4O3/c1-13-5-8-16(9-6-13)27-23-20(14(2)26-27)21(17(12-24)22(25)30-23)15-7-10-18(28-3)19(11-15)29-4/h5-11,21H,25H2,1-4H3. The van der Waals surface area contributed by atoms with Crippen LogP contribution in [0.5, 0.6) is 17.4 Å². The molecule has 2 aromatic carbocycles. The maximum absolute atomic E-state index is 9.84. The number of allylic oxidation sites excluding steroid dienone is 1. The van der Waals surface area contributed by atoms with Gasteiger partial charge in [-0.3, -0.25) is 0 Å². The third-order valence-corrected chi connectivity index (χ3v) is 5.25. The summed E-state index contributed by atoms with van der Waals surface area (Å²) < 4.78 is 18.4. The third-order valence-electron chi connectivity index (χ3n) is 5.25. The number of rotatable bonds is 4. The fourth-order valence-corrected chi connectivity index (χ4v) is 3.74. The van der Waals surface area contributed by atoms with Crippen molar-refractivity contribution < 1.29 is 14.2 Å². The van der Waals surface area contributed by atoms with Crippen molar-refractivity contribution in [3.63, 3.8) is 0 Å². The van der Waals surface area contributed by atoms with E-state index in [9.17, 15) is 5.26 Å². The van der Waals surface area contributed by atoms with E-state index in [2.05, 4.69) is 6.07 Å². The Morgan fingerprint density at radius 1 is 1.07 bits per heavy atom. The van der Waals surface area contributed by atoms with E-state index in [0.29, 0.717) is 23.0 Å². The molecule has 1 aliphatic rings. The number of nitrogens with two attached hydrogens (primary N) is 1. The number of aromatic nitrogens is 2. The van der Waals surface area contributed by atoms with Gasteiger partial charge in [0.2, 0.25) is 11.8 Å². The van der Waals surface area contributed by atoms with Crippen LogP contribution >= 0.6 is 0 Å². The minimum Gasteiger partial charge on any atom is -0.493 e. The van der Waals surface area contributed by atoms with Gasteiger partial charge in [0.15, 0.2) is 11.5 Å². The van der Waals surface area contributed by atoms with Crippen LogP contribution in [0, 0.1) is 25.2 Å². The summed E-state index contributed by atoms with van der Waals surface area (Å²) in [5, 5.41) is 14.5. The molecule has 2 heterocycles. The molecule has 7 nitrogen and oxygen atoms in total. The smallest absolute Gasteiger partial charge is 0.229 e. The molecule has 0 fully saturated rings. The summed E-state index contributed by atoms with van der Waals surface area (Å²) in [7, 11) is 3.16. The molecule has 0 aliphatic carbocycles. The van der Waals surface area contributed by atoms with Crippen molar-refractivity contribution in [2.45, 2.75) is 19.8 Å². The maximum Gasteiger partial charge on any atom is 0.229 e. The first kappa shape index (κ1) is 19.4. The summed E-state index contributed by atoms with van der Waals surface area (Å²) in [6, 6.07) is 15.7. The lowest BCUT2D eigenvalue weighted by molar-refractivity contribution is 0.353. The lowest BCUT2D eigenvalue weighted by Gasteiger charge is -2.25. The van der Waals surface area contributed by atoms with Crippen LogP contribution in [-0.4, -0.2) is 24.0 Å². The number of hydrogen-bond donors (Lipinski definition) is 1. The molecule has 0 radical (unpaired) electrons. The number of methoxy groups -OCH3 is 2. The van der Waals surface area contributed by atoms with Crippen LogP contribution < -0.4 is 19.9 Å². The Labute approximate surface area is 174 Å². The number of hydrogen-bond acceptors (Lipinski definition) is 6. The Morgan fingerprint density at radius 2 is 1.77 bits per heavy atom. The van der Waals surface area contributed by atoms with Crippen molar-refractivity contribution in [1.82, 2.24) is 9.78 Å². The zero-order chi connectivity index (χ0) is 21.4. The van der Waals surface area contributed by atoms with Gasteiger partial charge in [0, 0.05) is 0 Å². The first-order valence-electron chi connectivity index (χ1n) is 9.44. The van der Waals surface area contributed by atoms with E-state index in [0.717, 1.165) is 28.1 Å². The van der Waals surface area contributed by atoms with Gasteiger partial charge in [-0.2, -0.15) is 10.4 Å². The highest BCUT2D eigenvalue weighted by molar-refractivity contribution is 5.59. The Bertz CT molecular complexity index is 1190. The molecule has 1 aromatic heterocycles. The van der Waals surface area contributed by atoms with Gasteiger partial charge in [-0.05, 0) is 43.7 Å². The second-order valence-electron chi connectivity index (χ2n) is 7.09. The molecule has 1 aliphatic heterocycles. The quantitative estimate of drug-likeness (QED) is 0.715. The molecule has 3 aromatic rings. The molecule has 1 unspecified atom stereocenters. The zero-order valence-corrected chi connectivity index (χ0v) is 17.3. The predicted octanol–water partition coefficient (Wildman–Crippen LogP) is 3.72. The first-order valence-corrected chi connectivity index (χ1v) is 9.44. The molecule has 0 amide bonds. The van der Waals surface area contributed by atoms with Gasteiger partial charge in [0.05, 0.1) is 37.1 Å². The van der Waals surface area contributed by atoms with Gasteiger partial charge in [-0.15, -0.1) is 0 Å². The van der Waals surface area contributed by atoms with Crippen molar-refractivity contribution in [2.24, 2.45) is 5.73 Å². The topological polar surface area (TPSA) is 95.3 Å². The van der Waals surface area contributed by atoms with Gasteiger partial charge in [0.1, 0.15) is 11.6 Å². The second kappa shape index (κ2) is 7.48. The van der Waals surface area contributed by atoms with Crippen LogP contribution in [0.25, 0.3) is 5.69 Å². The fraction of sp³-hybridized carbons (Fsp3) is 0.217. The first-order chi connectivity index (χ1) is 14.5. The normalized spacial score (nSPS) is 15.2. The highest BCUT2D eigenvalue weighted by atomic mass is 16.5. The monoisotopic (exact) mass is 402 g/mol. The Balaban J connectivity index is 1.93. The van der Waals surface area contributed by atoms with Gasteiger partial charge in [0.25, 0.3) is 0 Å². The Morgan fingerprint density at radius 3 is 2.40 bits per heavy atom. The minimum absolute atomic E-state index is 0.0676. The van der Waals surface area contributed by atoms with E-state index in [1.807, 2.05) is 56.3 Å².